The highest BCUT2D eigenvalue weighted by Gasteiger charge is 2.06. The van der Waals surface area contributed by atoms with E-state index in [4.69, 9.17) is 9.84 Å². The van der Waals surface area contributed by atoms with E-state index in [9.17, 15) is 9.59 Å². The smallest absolute Gasteiger partial charge is 0.329 e. The minimum Gasteiger partial charge on any atom is -0.480 e. The fourth-order valence-corrected chi connectivity index (χ4v) is 2.41. The SMILES string of the molecule is Cc1nc2ccc(NC(=O)COCC(=O)O)cc2s1. The quantitative estimate of drug-likeness (QED) is 0.869. The number of nitrogens with zero attached hydrogens (tertiary/aromatic N) is 1. The molecule has 2 rings (SSSR count). The fraction of sp³-hybridized carbons (Fsp3) is 0.250. The molecule has 0 aliphatic rings. The van der Waals surface area contributed by atoms with Crippen LogP contribution in [0.1, 0.15) is 5.01 Å². The number of anilines is 1. The molecule has 100 valence electrons. The van der Waals surface area contributed by atoms with Crippen molar-refractivity contribution in [2.45, 2.75) is 6.92 Å². The molecule has 0 bridgehead atoms. The van der Waals surface area contributed by atoms with Gasteiger partial charge in [-0.1, -0.05) is 0 Å². The van der Waals surface area contributed by atoms with E-state index < -0.39 is 12.6 Å². The summed E-state index contributed by atoms with van der Waals surface area (Å²) in [6.45, 7) is 1.15. The summed E-state index contributed by atoms with van der Waals surface area (Å²) in [4.78, 5) is 26.0. The number of aromatic nitrogens is 1. The third-order valence-corrected chi connectivity index (χ3v) is 3.17. The lowest BCUT2D eigenvalue weighted by molar-refractivity contribution is -0.143. The molecule has 0 atom stereocenters. The molecule has 19 heavy (non-hydrogen) atoms. The van der Waals surface area contributed by atoms with Gasteiger partial charge in [0.1, 0.15) is 13.2 Å². The number of benzene rings is 1. The summed E-state index contributed by atoms with van der Waals surface area (Å²) in [6, 6.07) is 5.40. The molecule has 0 spiro atoms. The molecule has 1 aromatic heterocycles. The van der Waals surface area contributed by atoms with Gasteiger partial charge in [-0.15, -0.1) is 11.3 Å². The Morgan fingerprint density at radius 3 is 2.95 bits per heavy atom. The van der Waals surface area contributed by atoms with Crippen molar-refractivity contribution >= 4 is 39.1 Å². The zero-order valence-electron chi connectivity index (χ0n) is 10.2. The molecule has 0 radical (unpaired) electrons. The second kappa shape index (κ2) is 5.77. The van der Waals surface area contributed by atoms with Crippen LogP contribution in [0, 0.1) is 6.92 Å². The predicted molar refractivity (Wildman–Crippen MR) is 71.4 cm³/mol. The molecule has 2 N–H and O–H groups in total. The van der Waals surface area contributed by atoms with Gasteiger partial charge in [-0.05, 0) is 25.1 Å². The third kappa shape index (κ3) is 3.73. The van der Waals surface area contributed by atoms with Crippen molar-refractivity contribution in [3.8, 4) is 0 Å². The number of rotatable bonds is 5. The third-order valence-electron chi connectivity index (χ3n) is 2.24. The highest BCUT2D eigenvalue weighted by molar-refractivity contribution is 7.18. The topological polar surface area (TPSA) is 88.5 Å². The van der Waals surface area contributed by atoms with Gasteiger partial charge >= 0.3 is 5.97 Å². The number of aryl methyl sites for hydroxylation is 1. The van der Waals surface area contributed by atoms with Crippen LogP contribution in [0.2, 0.25) is 0 Å². The molecule has 0 saturated carbocycles. The molecule has 0 saturated heterocycles. The lowest BCUT2D eigenvalue weighted by atomic mass is 10.3. The molecule has 0 unspecified atom stereocenters. The second-order valence-electron chi connectivity index (χ2n) is 3.85. The van der Waals surface area contributed by atoms with Crippen LogP contribution in [0.25, 0.3) is 10.2 Å². The molecular formula is C12H12N2O4S. The minimum absolute atomic E-state index is 0.286. The molecule has 6 nitrogen and oxygen atoms in total. The molecule has 0 aliphatic heterocycles. The van der Waals surface area contributed by atoms with Crippen molar-refractivity contribution in [2.24, 2.45) is 0 Å². The Balaban J connectivity index is 1.96. The molecule has 1 aromatic carbocycles. The van der Waals surface area contributed by atoms with Crippen LogP contribution in [0.3, 0.4) is 0 Å². The molecular weight excluding hydrogens is 268 g/mol. The number of hydrogen-bond acceptors (Lipinski definition) is 5. The number of hydrogen-bond donors (Lipinski definition) is 2. The predicted octanol–water partition coefficient (Wildman–Crippen LogP) is 1.64. The Hall–Kier alpha value is -1.99. The maximum atomic E-state index is 11.5. The first kappa shape index (κ1) is 13.4. The van der Waals surface area contributed by atoms with E-state index in [1.165, 1.54) is 0 Å². The van der Waals surface area contributed by atoms with E-state index in [1.54, 1.807) is 17.4 Å². The second-order valence-corrected chi connectivity index (χ2v) is 5.08. The Bertz CT molecular complexity index is 623. The van der Waals surface area contributed by atoms with Crippen molar-refractivity contribution < 1.29 is 19.4 Å². The highest BCUT2D eigenvalue weighted by Crippen LogP contribution is 2.24. The van der Waals surface area contributed by atoms with Gasteiger partial charge in [0.25, 0.3) is 0 Å². The summed E-state index contributed by atoms with van der Waals surface area (Å²) >= 11 is 1.54. The summed E-state index contributed by atoms with van der Waals surface area (Å²) < 4.78 is 5.69. The van der Waals surface area contributed by atoms with Crippen molar-refractivity contribution in [1.29, 1.82) is 0 Å². The molecule has 0 aliphatic carbocycles. The van der Waals surface area contributed by atoms with Crippen LogP contribution < -0.4 is 5.32 Å². The van der Waals surface area contributed by atoms with Crippen molar-refractivity contribution in [3.05, 3.63) is 23.2 Å². The maximum Gasteiger partial charge on any atom is 0.329 e. The molecule has 2 aromatic rings. The maximum absolute atomic E-state index is 11.5. The van der Waals surface area contributed by atoms with Crippen LogP contribution in [0.5, 0.6) is 0 Å². The number of carboxylic acids is 1. The molecule has 1 heterocycles. The lowest BCUT2D eigenvalue weighted by Crippen LogP contribution is -2.20. The minimum atomic E-state index is -1.10. The molecule has 1 amide bonds. The van der Waals surface area contributed by atoms with E-state index in [-0.39, 0.29) is 12.5 Å². The number of thiazole rings is 1. The zero-order chi connectivity index (χ0) is 13.8. The van der Waals surface area contributed by atoms with Gasteiger partial charge in [0, 0.05) is 5.69 Å². The van der Waals surface area contributed by atoms with Crippen LogP contribution in [0.15, 0.2) is 18.2 Å². The summed E-state index contributed by atoms with van der Waals surface area (Å²) in [7, 11) is 0. The lowest BCUT2D eigenvalue weighted by Gasteiger charge is -2.04. The average Bonchev–Trinajstić information content (AvgIpc) is 2.67. The normalized spacial score (nSPS) is 10.6. The number of amides is 1. The zero-order valence-corrected chi connectivity index (χ0v) is 11.0. The van der Waals surface area contributed by atoms with Gasteiger partial charge in [0.05, 0.1) is 15.2 Å². The monoisotopic (exact) mass is 280 g/mol. The van der Waals surface area contributed by atoms with Crippen molar-refractivity contribution in [2.75, 3.05) is 18.5 Å². The number of carboxylic acid groups (broad SMARTS) is 1. The Morgan fingerprint density at radius 2 is 2.21 bits per heavy atom. The standard InChI is InChI=1S/C12H12N2O4S/c1-7-13-9-3-2-8(4-10(9)19-7)14-11(15)5-18-6-12(16)17/h2-4H,5-6H2,1H3,(H,14,15)(H,16,17). The first-order valence-electron chi connectivity index (χ1n) is 5.51. The Kier molecular flexibility index (Phi) is 4.08. The van der Waals surface area contributed by atoms with E-state index in [0.717, 1.165) is 15.2 Å². The van der Waals surface area contributed by atoms with Gasteiger partial charge in [-0.25, -0.2) is 9.78 Å². The average molecular weight is 280 g/mol. The van der Waals surface area contributed by atoms with E-state index >= 15 is 0 Å². The first-order valence-corrected chi connectivity index (χ1v) is 6.33. The number of carbonyl (C=O) groups is 2. The largest absolute Gasteiger partial charge is 0.480 e. The fourth-order valence-electron chi connectivity index (χ4n) is 1.55. The van der Waals surface area contributed by atoms with Gasteiger partial charge < -0.3 is 15.2 Å². The van der Waals surface area contributed by atoms with Gasteiger partial charge in [-0.2, -0.15) is 0 Å². The number of aliphatic carboxylic acids is 1. The number of fused-ring (bicyclic) bond motifs is 1. The van der Waals surface area contributed by atoms with Crippen LogP contribution in [-0.4, -0.2) is 35.2 Å². The van der Waals surface area contributed by atoms with Crippen LogP contribution in [0.4, 0.5) is 5.69 Å². The first-order chi connectivity index (χ1) is 9.04. The Morgan fingerprint density at radius 1 is 1.42 bits per heavy atom. The summed E-state index contributed by atoms with van der Waals surface area (Å²) in [5.74, 6) is -1.49. The molecule has 0 fully saturated rings. The summed E-state index contributed by atoms with van der Waals surface area (Å²) in [5, 5.41) is 12.0. The molecule has 7 heteroatoms. The summed E-state index contributed by atoms with van der Waals surface area (Å²) in [5.41, 5.74) is 1.53. The highest BCUT2D eigenvalue weighted by atomic mass is 32.1. The van der Waals surface area contributed by atoms with Crippen LogP contribution in [-0.2, 0) is 14.3 Å². The number of nitrogens with one attached hydrogen (secondary N) is 1. The van der Waals surface area contributed by atoms with Crippen molar-refractivity contribution in [1.82, 2.24) is 4.98 Å². The van der Waals surface area contributed by atoms with Crippen molar-refractivity contribution in [3.63, 3.8) is 0 Å². The van der Waals surface area contributed by atoms with Crippen LogP contribution >= 0.6 is 11.3 Å². The van der Waals surface area contributed by atoms with E-state index in [2.05, 4.69) is 10.3 Å². The van der Waals surface area contributed by atoms with Gasteiger partial charge in [0.15, 0.2) is 0 Å². The summed E-state index contributed by atoms with van der Waals surface area (Å²) in [6.07, 6.45) is 0. The number of carbonyl (C=O) groups excluding carboxylic acids is 1. The van der Waals surface area contributed by atoms with Gasteiger partial charge in [0.2, 0.25) is 5.91 Å². The van der Waals surface area contributed by atoms with E-state index in [1.807, 2.05) is 19.1 Å². The Labute approximate surface area is 113 Å². The van der Waals surface area contributed by atoms with E-state index in [0.29, 0.717) is 5.69 Å². The number of ether oxygens (including phenoxy) is 1. The van der Waals surface area contributed by atoms with Gasteiger partial charge in [-0.3, -0.25) is 4.79 Å².